The van der Waals surface area contributed by atoms with Crippen LogP contribution in [0.5, 0.6) is 0 Å². The summed E-state index contributed by atoms with van der Waals surface area (Å²) in [6, 6.07) is 0. The van der Waals surface area contributed by atoms with Crippen molar-refractivity contribution in [3.8, 4) is 0 Å². The Morgan fingerprint density at radius 2 is 1.17 bits per heavy atom. The van der Waals surface area contributed by atoms with Crippen molar-refractivity contribution in [1.82, 2.24) is 0 Å². The molecule has 0 aliphatic carbocycles. The van der Waals surface area contributed by atoms with E-state index >= 15 is 0 Å². The first-order valence-electron chi connectivity index (χ1n) is 0.698. The third-order valence-corrected chi connectivity index (χ3v) is 0. The molecule has 6 heteroatoms. The molecule has 0 aromatic carbocycles. The van der Waals surface area contributed by atoms with Crippen LogP contribution in [0.4, 0.5) is 0 Å². The van der Waals surface area contributed by atoms with Crippen molar-refractivity contribution in [3.05, 3.63) is 0 Å². The standard InChI is InChI=1S/Mo.H2O4Te/c;1-5(2,3)4/h;(H2,1,2,3,4). The second kappa shape index (κ2) is 3.06. The van der Waals surface area contributed by atoms with E-state index < -0.39 is 19.0 Å². The monoisotopic (exact) mass is 294 g/mol. The van der Waals surface area contributed by atoms with Gasteiger partial charge in [0.15, 0.2) is 0 Å². The molecule has 0 saturated carbocycles. The number of hydrogen-bond donors (Lipinski definition) is 2. The summed E-state index contributed by atoms with van der Waals surface area (Å²) >= 11 is -5.52. The van der Waals surface area contributed by atoms with E-state index in [1.807, 2.05) is 0 Å². The van der Waals surface area contributed by atoms with E-state index in [9.17, 15) is 0 Å². The molecule has 38 valence electrons. The molecule has 0 unspecified atom stereocenters. The summed E-state index contributed by atoms with van der Waals surface area (Å²) < 4.78 is 32.0. The van der Waals surface area contributed by atoms with Crippen molar-refractivity contribution in [2.75, 3.05) is 0 Å². The fourth-order valence-electron chi connectivity index (χ4n) is 0. The van der Waals surface area contributed by atoms with Gasteiger partial charge in [-0.15, -0.1) is 0 Å². The van der Waals surface area contributed by atoms with Crippen LogP contribution in [-0.4, -0.2) is 25.9 Å². The van der Waals surface area contributed by atoms with E-state index in [2.05, 4.69) is 0 Å². The average molecular weight is 290 g/mol. The molecular formula is H2MoO4Te. The number of hydrogen-bond acceptors (Lipinski definition) is 2. The molecule has 0 bridgehead atoms. The zero-order valence-corrected chi connectivity index (χ0v) is 6.86. The predicted octanol–water partition coefficient (Wildman–Crippen LogP) is -1.73. The summed E-state index contributed by atoms with van der Waals surface area (Å²) in [7, 11) is 0. The van der Waals surface area contributed by atoms with Crippen LogP contribution in [-0.2, 0) is 27.3 Å². The minimum Gasteiger partial charge on any atom is 0 e. The molecule has 0 radical (unpaired) electrons. The molecule has 4 nitrogen and oxygen atoms in total. The van der Waals surface area contributed by atoms with Gasteiger partial charge >= 0.3 is 32.1 Å². The van der Waals surface area contributed by atoms with Crippen LogP contribution in [0.1, 0.15) is 0 Å². The van der Waals surface area contributed by atoms with Crippen molar-refractivity contribution in [3.63, 3.8) is 0 Å². The molecular weight excluding hydrogens is 288 g/mol. The van der Waals surface area contributed by atoms with Gasteiger partial charge in [0.1, 0.15) is 0 Å². The van der Waals surface area contributed by atoms with E-state index in [0.717, 1.165) is 0 Å². The molecule has 0 aromatic heterocycles. The Kier molecular flexibility index (Phi) is 5.14. The molecule has 0 saturated heterocycles. The second-order valence-corrected chi connectivity index (χ2v) is 3.00. The van der Waals surface area contributed by atoms with Gasteiger partial charge in [-0.2, -0.15) is 0 Å². The van der Waals surface area contributed by atoms with Gasteiger partial charge in [-0.05, 0) is 0 Å². The van der Waals surface area contributed by atoms with Crippen molar-refractivity contribution < 1.29 is 34.2 Å². The molecule has 6 heavy (non-hydrogen) atoms. The Hall–Kier alpha value is 0.998. The molecule has 0 atom stereocenters. The van der Waals surface area contributed by atoms with Gasteiger partial charge in [0.25, 0.3) is 0 Å². The van der Waals surface area contributed by atoms with Gasteiger partial charge in [-0.1, -0.05) is 0 Å². The normalized spacial score (nSPS) is 9.67. The molecule has 0 heterocycles. The molecule has 0 aromatic rings. The fraction of sp³-hybridized carbons (Fsp3) is 0. The first-order valence-corrected chi connectivity index (χ1v) is 4.69. The van der Waals surface area contributed by atoms with Crippen LogP contribution < -0.4 is 0 Å². The summed E-state index contributed by atoms with van der Waals surface area (Å²) in [6.07, 6.45) is 0. The largest absolute Gasteiger partial charge is 0 e. The second-order valence-electron chi connectivity index (χ2n) is 0.448. The van der Waals surface area contributed by atoms with Crippen molar-refractivity contribution in [2.24, 2.45) is 0 Å². The Bertz CT molecular complexity index is 90.7. The average Bonchev–Trinajstić information content (AvgIpc) is 0.722. The minimum absolute atomic E-state index is 0. The van der Waals surface area contributed by atoms with Crippen molar-refractivity contribution >= 4 is 19.0 Å². The zero-order chi connectivity index (χ0) is 4.50. The van der Waals surface area contributed by atoms with E-state index in [1.54, 1.807) is 0 Å². The Morgan fingerprint density at radius 1 is 1.17 bits per heavy atom. The molecule has 0 rings (SSSR count). The maximum Gasteiger partial charge on any atom is 0 e. The van der Waals surface area contributed by atoms with Gasteiger partial charge in [-0.25, -0.2) is 0 Å². The SMILES string of the molecule is O=[Te](=O)(O)O.[Mo]. The van der Waals surface area contributed by atoms with Crippen LogP contribution in [0.15, 0.2) is 0 Å². The summed E-state index contributed by atoms with van der Waals surface area (Å²) in [5.74, 6) is 0. The molecule has 0 fully saturated rings. The summed E-state index contributed by atoms with van der Waals surface area (Å²) in [4.78, 5) is 0. The third-order valence-electron chi connectivity index (χ3n) is 0. The third kappa shape index (κ3) is 80.2. The number of rotatable bonds is 0. The van der Waals surface area contributed by atoms with Crippen LogP contribution in [0.2, 0.25) is 0 Å². The molecule has 0 amide bonds. The Balaban J connectivity index is 0. The van der Waals surface area contributed by atoms with Crippen LogP contribution in [0, 0.1) is 0 Å². The summed E-state index contributed by atoms with van der Waals surface area (Å²) in [5, 5.41) is 0. The zero-order valence-electron chi connectivity index (χ0n) is 2.53. The van der Waals surface area contributed by atoms with Gasteiger partial charge < -0.3 is 0 Å². The van der Waals surface area contributed by atoms with Crippen LogP contribution in [0.25, 0.3) is 0 Å². The first-order chi connectivity index (χ1) is 2.00. The van der Waals surface area contributed by atoms with Gasteiger partial charge in [0.05, 0.1) is 0 Å². The van der Waals surface area contributed by atoms with E-state index in [4.69, 9.17) is 13.2 Å². The smallest absolute Gasteiger partial charge is 0 e. The Labute approximate surface area is 53.1 Å². The van der Waals surface area contributed by atoms with E-state index in [0.29, 0.717) is 0 Å². The molecule has 2 N–H and O–H groups in total. The first kappa shape index (κ1) is 10.1. The molecule has 0 aliphatic heterocycles. The maximum absolute atomic E-state index is 8.85. The van der Waals surface area contributed by atoms with Crippen LogP contribution >= 0.6 is 0 Å². The fourth-order valence-corrected chi connectivity index (χ4v) is 0. The Morgan fingerprint density at radius 3 is 1.17 bits per heavy atom. The molecule has 0 spiro atoms. The van der Waals surface area contributed by atoms with E-state index in [-0.39, 0.29) is 21.1 Å². The van der Waals surface area contributed by atoms with Crippen LogP contribution in [0.3, 0.4) is 0 Å². The van der Waals surface area contributed by atoms with Gasteiger partial charge in [0, 0.05) is 21.1 Å². The summed E-state index contributed by atoms with van der Waals surface area (Å²) in [5.41, 5.74) is 0. The van der Waals surface area contributed by atoms with Crippen molar-refractivity contribution in [2.45, 2.75) is 0 Å². The summed E-state index contributed by atoms with van der Waals surface area (Å²) in [6.45, 7) is 0. The maximum atomic E-state index is 8.85. The topological polar surface area (TPSA) is 74.6 Å². The molecule has 0 aliphatic rings. The van der Waals surface area contributed by atoms with Gasteiger partial charge in [0.2, 0.25) is 0 Å². The van der Waals surface area contributed by atoms with Gasteiger partial charge in [-0.3, -0.25) is 0 Å². The minimum atomic E-state index is -5.52. The van der Waals surface area contributed by atoms with Crippen molar-refractivity contribution in [1.29, 1.82) is 0 Å². The predicted molar refractivity (Wildman–Crippen MR) is 11.6 cm³/mol. The quantitative estimate of drug-likeness (QED) is 0.520. The van der Waals surface area contributed by atoms with E-state index in [1.165, 1.54) is 0 Å².